The summed E-state index contributed by atoms with van der Waals surface area (Å²) in [5, 5.41) is 0. The number of rotatable bonds is 0. The predicted octanol–water partition coefficient (Wildman–Crippen LogP) is 3.05. The molecule has 1 aromatic rings. The van der Waals surface area contributed by atoms with Crippen molar-refractivity contribution in [3.05, 3.63) is 32.3 Å². The van der Waals surface area contributed by atoms with Crippen LogP contribution in [0.2, 0.25) is 0 Å². The van der Waals surface area contributed by atoms with E-state index in [-0.39, 0.29) is 0 Å². The first-order chi connectivity index (χ1) is 4.22. The number of benzene rings is 1. The van der Waals surface area contributed by atoms with Crippen molar-refractivity contribution < 1.29 is 1.37 Å². The minimum Gasteiger partial charge on any atom is -0.0611 e. The normalized spacial score (nSPS) is 11.0. The summed E-state index contributed by atoms with van der Waals surface area (Å²) in [6, 6.07) is 6.13. The third kappa shape index (κ3) is 1.45. The molecule has 0 spiro atoms. The van der Waals surface area contributed by atoms with Crippen LogP contribution in [0.4, 0.5) is 0 Å². The van der Waals surface area contributed by atoms with E-state index in [1.807, 2.05) is 12.1 Å². The van der Waals surface area contributed by atoms with Gasteiger partial charge in [-0.25, -0.2) is 0 Å². The Balaban J connectivity index is 3.25. The van der Waals surface area contributed by atoms with E-state index in [0.717, 1.165) is 8.04 Å². The van der Waals surface area contributed by atoms with E-state index < -0.39 is 0 Å². The van der Waals surface area contributed by atoms with Gasteiger partial charge in [0.05, 0.1) is 1.37 Å². The average Bonchev–Trinajstić information content (AvgIpc) is 1.83. The van der Waals surface area contributed by atoms with Gasteiger partial charge in [0, 0.05) is 8.04 Å². The van der Waals surface area contributed by atoms with E-state index in [9.17, 15) is 0 Å². The van der Waals surface area contributed by atoms with Crippen LogP contribution in [0.5, 0.6) is 0 Å². The summed E-state index contributed by atoms with van der Waals surface area (Å²) in [4.78, 5) is 0. The molecule has 0 heterocycles. The maximum Gasteiger partial charge on any atom is 0.0635 e. The van der Waals surface area contributed by atoms with Crippen LogP contribution in [0.1, 0.15) is 1.37 Å². The van der Waals surface area contributed by atoms with Gasteiger partial charge in [0.1, 0.15) is 0 Å². The van der Waals surface area contributed by atoms with Gasteiger partial charge in [-0.1, -0.05) is 12.1 Å². The van der Waals surface area contributed by atoms with Gasteiger partial charge in [-0.05, 0) is 50.6 Å². The van der Waals surface area contributed by atoms with Gasteiger partial charge < -0.3 is 0 Å². The molecule has 1 rings (SSSR count). The molecule has 0 unspecified atom stereocenters. The highest BCUT2D eigenvalue weighted by atomic mass is 127. The van der Waals surface area contributed by atoms with Crippen LogP contribution in [-0.4, -0.2) is 0 Å². The SMILES string of the molecule is [2H]c1cccc(I)c1Br. The van der Waals surface area contributed by atoms with Gasteiger partial charge in [-0.3, -0.25) is 0 Å². The molecule has 0 amide bonds. The molecule has 0 bridgehead atoms. The van der Waals surface area contributed by atoms with Crippen LogP contribution in [0.15, 0.2) is 28.7 Å². The third-order valence-electron chi connectivity index (χ3n) is 0.759. The monoisotopic (exact) mass is 283 g/mol. The lowest BCUT2D eigenvalue weighted by Gasteiger charge is -1.89. The summed E-state index contributed by atoms with van der Waals surface area (Å²) in [6.07, 6.45) is 0. The molecular weight excluding hydrogens is 279 g/mol. The molecule has 8 heavy (non-hydrogen) atoms. The Kier molecular flexibility index (Phi) is 1.85. The Labute approximate surface area is 72.0 Å². The summed E-state index contributed by atoms with van der Waals surface area (Å²) < 4.78 is 9.27. The fraction of sp³-hybridized carbons (Fsp3) is 0. The molecular formula is C6H4BrI. The van der Waals surface area contributed by atoms with Gasteiger partial charge >= 0.3 is 0 Å². The smallest absolute Gasteiger partial charge is 0.0611 e. The molecule has 42 valence electrons. The molecule has 0 radical (unpaired) electrons. The second kappa shape index (κ2) is 2.82. The van der Waals surface area contributed by atoms with Crippen molar-refractivity contribution in [2.45, 2.75) is 0 Å². The minimum absolute atomic E-state index is 0.543. The van der Waals surface area contributed by atoms with E-state index in [4.69, 9.17) is 1.37 Å². The summed E-state index contributed by atoms with van der Waals surface area (Å²) in [5.74, 6) is 0. The average molecular weight is 284 g/mol. The van der Waals surface area contributed by atoms with Gasteiger partial charge in [0.15, 0.2) is 0 Å². The maximum atomic E-state index is 7.31. The molecule has 0 saturated carbocycles. The topological polar surface area (TPSA) is 0 Å². The Morgan fingerprint density at radius 2 is 2.38 bits per heavy atom. The minimum atomic E-state index is 0.543. The zero-order valence-electron chi connectivity index (χ0n) is 4.99. The van der Waals surface area contributed by atoms with Gasteiger partial charge in [0.25, 0.3) is 0 Å². The zero-order valence-corrected chi connectivity index (χ0v) is 7.73. The molecule has 0 atom stereocenters. The van der Waals surface area contributed by atoms with Crippen LogP contribution in [0, 0.1) is 3.57 Å². The molecule has 0 aliphatic rings. The van der Waals surface area contributed by atoms with Crippen LogP contribution >= 0.6 is 38.5 Å². The zero-order chi connectivity index (χ0) is 6.85. The molecule has 2 heteroatoms. The first kappa shape index (κ1) is 5.23. The summed E-state index contributed by atoms with van der Waals surface area (Å²) in [6.45, 7) is 0. The van der Waals surface area contributed by atoms with E-state index in [0.29, 0.717) is 6.04 Å². The van der Waals surface area contributed by atoms with Crippen molar-refractivity contribution in [1.82, 2.24) is 0 Å². The van der Waals surface area contributed by atoms with Crippen LogP contribution < -0.4 is 0 Å². The van der Waals surface area contributed by atoms with E-state index in [1.54, 1.807) is 6.07 Å². The Bertz CT molecular complexity index is 204. The van der Waals surface area contributed by atoms with Crippen molar-refractivity contribution >= 4 is 38.5 Å². The standard InChI is InChI=1S/C6H4BrI/c7-5-3-1-2-4-6(5)8/h1-4H/i3D. The maximum absolute atomic E-state index is 7.31. The van der Waals surface area contributed by atoms with Crippen LogP contribution in [0.25, 0.3) is 0 Å². The van der Waals surface area contributed by atoms with Crippen molar-refractivity contribution in [2.24, 2.45) is 0 Å². The summed E-state index contributed by atoms with van der Waals surface area (Å²) >= 11 is 5.47. The first-order valence-corrected chi connectivity index (χ1v) is 3.99. The van der Waals surface area contributed by atoms with Crippen molar-refractivity contribution in [3.8, 4) is 0 Å². The Morgan fingerprint density at radius 3 is 2.88 bits per heavy atom. The fourth-order valence-corrected chi connectivity index (χ4v) is 1.02. The van der Waals surface area contributed by atoms with Crippen molar-refractivity contribution in [2.75, 3.05) is 0 Å². The Morgan fingerprint density at radius 1 is 1.62 bits per heavy atom. The van der Waals surface area contributed by atoms with Crippen molar-refractivity contribution in [1.29, 1.82) is 0 Å². The highest BCUT2D eigenvalue weighted by Crippen LogP contribution is 2.16. The molecule has 0 saturated heterocycles. The van der Waals surface area contributed by atoms with Gasteiger partial charge in [-0.2, -0.15) is 0 Å². The van der Waals surface area contributed by atoms with Crippen LogP contribution in [-0.2, 0) is 0 Å². The molecule has 0 fully saturated rings. The summed E-state index contributed by atoms with van der Waals surface area (Å²) in [5.41, 5.74) is 0. The molecule has 0 aliphatic heterocycles. The largest absolute Gasteiger partial charge is 0.0635 e. The van der Waals surface area contributed by atoms with Crippen molar-refractivity contribution in [3.63, 3.8) is 0 Å². The molecule has 0 nitrogen and oxygen atoms in total. The fourth-order valence-electron chi connectivity index (χ4n) is 0.396. The highest BCUT2D eigenvalue weighted by Gasteiger charge is 1.88. The van der Waals surface area contributed by atoms with E-state index in [2.05, 4.69) is 38.5 Å². The second-order valence-corrected chi connectivity index (χ2v) is 3.29. The predicted molar refractivity (Wildman–Crippen MR) is 46.9 cm³/mol. The molecule has 0 aliphatic carbocycles. The third-order valence-corrected chi connectivity index (χ3v) is 3.05. The number of halogens is 2. The molecule has 0 aromatic heterocycles. The van der Waals surface area contributed by atoms with Gasteiger partial charge in [0.2, 0.25) is 0 Å². The van der Waals surface area contributed by atoms with E-state index in [1.165, 1.54) is 0 Å². The summed E-state index contributed by atoms with van der Waals surface area (Å²) in [7, 11) is 0. The lowest BCUT2D eigenvalue weighted by atomic mass is 10.4. The molecule has 0 N–H and O–H groups in total. The Hall–Kier alpha value is 0.430. The van der Waals surface area contributed by atoms with Crippen LogP contribution in [0.3, 0.4) is 0 Å². The first-order valence-electron chi connectivity index (χ1n) is 2.62. The number of hydrogen-bond acceptors (Lipinski definition) is 0. The molecule has 1 aromatic carbocycles. The van der Waals surface area contributed by atoms with E-state index >= 15 is 0 Å². The lowest BCUT2D eigenvalue weighted by Crippen LogP contribution is -1.68. The highest BCUT2D eigenvalue weighted by molar-refractivity contribution is 14.1. The second-order valence-electron chi connectivity index (χ2n) is 1.33. The number of hydrogen-bond donors (Lipinski definition) is 0. The lowest BCUT2D eigenvalue weighted by molar-refractivity contribution is 1.59. The quantitative estimate of drug-likeness (QED) is 0.642. The van der Waals surface area contributed by atoms with Gasteiger partial charge in [-0.15, -0.1) is 0 Å².